The minimum absolute atomic E-state index is 0.230. The van der Waals surface area contributed by atoms with Crippen LogP contribution in [0.3, 0.4) is 0 Å². The van der Waals surface area contributed by atoms with Gasteiger partial charge in [-0.3, -0.25) is 0 Å². The van der Waals surface area contributed by atoms with Crippen molar-refractivity contribution in [1.82, 2.24) is 0 Å². The summed E-state index contributed by atoms with van der Waals surface area (Å²) in [5.41, 5.74) is 7.54. The molecule has 0 unspecified atom stereocenters. The van der Waals surface area contributed by atoms with Gasteiger partial charge in [0.1, 0.15) is 12.4 Å². The van der Waals surface area contributed by atoms with Gasteiger partial charge < -0.3 is 20.3 Å². The van der Waals surface area contributed by atoms with Crippen molar-refractivity contribution in [2.45, 2.75) is 13.0 Å². The van der Waals surface area contributed by atoms with Crippen molar-refractivity contribution in [3.8, 4) is 17.2 Å². The highest BCUT2D eigenvalue weighted by Crippen LogP contribution is 2.32. The van der Waals surface area contributed by atoms with E-state index in [1.807, 2.05) is 24.3 Å². The quantitative estimate of drug-likeness (QED) is 0.848. The number of ether oxygens (including phenoxy) is 2. The van der Waals surface area contributed by atoms with E-state index in [-0.39, 0.29) is 5.75 Å². The Morgan fingerprint density at radius 1 is 1.15 bits per heavy atom. The van der Waals surface area contributed by atoms with E-state index < -0.39 is 0 Å². The molecule has 0 saturated heterocycles. The fourth-order valence-electron chi connectivity index (χ4n) is 2.04. The van der Waals surface area contributed by atoms with E-state index >= 15 is 0 Å². The van der Waals surface area contributed by atoms with Crippen LogP contribution in [-0.2, 0) is 13.0 Å². The second-order valence-corrected chi connectivity index (χ2v) is 4.45. The number of phenols is 1. The molecule has 20 heavy (non-hydrogen) atoms. The summed E-state index contributed by atoms with van der Waals surface area (Å²) in [6.45, 7) is 0.919. The van der Waals surface area contributed by atoms with Gasteiger partial charge in [-0.2, -0.15) is 0 Å². The summed E-state index contributed by atoms with van der Waals surface area (Å²) in [6.07, 6.45) is 0.729. The molecular weight excluding hydrogens is 254 g/mol. The van der Waals surface area contributed by atoms with Crippen LogP contribution < -0.4 is 15.2 Å². The Morgan fingerprint density at radius 2 is 1.95 bits per heavy atom. The van der Waals surface area contributed by atoms with Crippen LogP contribution in [0.4, 0.5) is 0 Å². The predicted octanol–water partition coefficient (Wildman–Crippen LogP) is 2.48. The number of rotatable bonds is 6. The Bertz CT molecular complexity index is 569. The highest BCUT2D eigenvalue weighted by molar-refractivity contribution is 5.47. The molecule has 0 aliphatic heterocycles. The van der Waals surface area contributed by atoms with Crippen molar-refractivity contribution >= 4 is 0 Å². The molecule has 0 heterocycles. The molecule has 0 radical (unpaired) electrons. The largest absolute Gasteiger partial charge is 0.508 e. The number of nitrogens with two attached hydrogens (primary N) is 1. The average Bonchev–Trinajstić information content (AvgIpc) is 2.46. The molecule has 0 aliphatic carbocycles. The van der Waals surface area contributed by atoms with Crippen LogP contribution in [0.2, 0.25) is 0 Å². The first-order chi connectivity index (χ1) is 9.74. The molecule has 106 valence electrons. The molecule has 0 atom stereocenters. The highest BCUT2D eigenvalue weighted by atomic mass is 16.5. The second-order valence-electron chi connectivity index (χ2n) is 4.45. The lowest BCUT2D eigenvalue weighted by Crippen LogP contribution is -2.06. The molecule has 0 amide bonds. The van der Waals surface area contributed by atoms with Crippen LogP contribution in [0.15, 0.2) is 42.5 Å². The zero-order valence-electron chi connectivity index (χ0n) is 11.5. The Labute approximate surface area is 118 Å². The first-order valence-corrected chi connectivity index (χ1v) is 6.51. The van der Waals surface area contributed by atoms with Crippen molar-refractivity contribution in [3.05, 3.63) is 53.6 Å². The van der Waals surface area contributed by atoms with E-state index in [2.05, 4.69) is 0 Å². The Hall–Kier alpha value is -2.20. The number of phenolic OH excluding ortho intramolecular Hbond substituents is 1. The van der Waals surface area contributed by atoms with E-state index in [1.54, 1.807) is 25.3 Å². The first-order valence-electron chi connectivity index (χ1n) is 6.51. The lowest BCUT2D eigenvalue weighted by atomic mass is 10.1. The van der Waals surface area contributed by atoms with Crippen LogP contribution >= 0.6 is 0 Å². The zero-order chi connectivity index (χ0) is 14.4. The predicted molar refractivity (Wildman–Crippen MR) is 78.2 cm³/mol. The van der Waals surface area contributed by atoms with Gasteiger partial charge in [-0.25, -0.2) is 0 Å². The normalized spacial score (nSPS) is 10.3. The topological polar surface area (TPSA) is 64.7 Å². The van der Waals surface area contributed by atoms with Crippen molar-refractivity contribution in [2.24, 2.45) is 5.73 Å². The maximum absolute atomic E-state index is 9.45. The molecule has 2 aromatic carbocycles. The third-order valence-electron chi connectivity index (χ3n) is 2.99. The van der Waals surface area contributed by atoms with Gasteiger partial charge in [-0.1, -0.05) is 24.3 Å². The summed E-state index contributed by atoms with van der Waals surface area (Å²) < 4.78 is 11.2. The third kappa shape index (κ3) is 3.42. The molecule has 0 aromatic heterocycles. The summed E-state index contributed by atoms with van der Waals surface area (Å²) in [7, 11) is 1.61. The summed E-state index contributed by atoms with van der Waals surface area (Å²) in [6, 6.07) is 12.8. The number of hydrogen-bond donors (Lipinski definition) is 2. The SMILES string of the molecule is COc1cccc(CCN)c1OCc1cccc(O)c1. The van der Waals surface area contributed by atoms with Crippen molar-refractivity contribution in [1.29, 1.82) is 0 Å². The van der Waals surface area contributed by atoms with Gasteiger partial charge in [0.2, 0.25) is 0 Å². The number of aromatic hydroxyl groups is 1. The minimum atomic E-state index is 0.230. The average molecular weight is 273 g/mol. The summed E-state index contributed by atoms with van der Waals surface area (Å²) >= 11 is 0. The smallest absolute Gasteiger partial charge is 0.164 e. The van der Waals surface area contributed by atoms with Crippen LogP contribution in [0.25, 0.3) is 0 Å². The third-order valence-corrected chi connectivity index (χ3v) is 2.99. The van der Waals surface area contributed by atoms with Gasteiger partial charge in [0, 0.05) is 0 Å². The molecule has 2 rings (SSSR count). The lowest BCUT2D eigenvalue weighted by Gasteiger charge is -2.15. The molecule has 0 fully saturated rings. The van der Waals surface area contributed by atoms with Gasteiger partial charge in [-0.05, 0) is 42.3 Å². The van der Waals surface area contributed by atoms with Crippen LogP contribution in [0, 0.1) is 0 Å². The van der Waals surface area contributed by atoms with Crippen LogP contribution in [-0.4, -0.2) is 18.8 Å². The van der Waals surface area contributed by atoms with Gasteiger partial charge in [0.15, 0.2) is 11.5 Å². The molecule has 4 heteroatoms. The number of hydrogen-bond acceptors (Lipinski definition) is 4. The maximum Gasteiger partial charge on any atom is 0.164 e. The van der Waals surface area contributed by atoms with Gasteiger partial charge >= 0.3 is 0 Å². The standard InChI is InChI=1S/C16H19NO3/c1-19-15-7-3-5-13(8-9-17)16(15)20-11-12-4-2-6-14(18)10-12/h2-7,10,18H,8-9,11,17H2,1H3. The van der Waals surface area contributed by atoms with E-state index in [0.717, 1.165) is 17.5 Å². The first kappa shape index (κ1) is 14.2. The van der Waals surface area contributed by atoms with Gasteiger partial charge in [-0.15, -0.1) is 0 Å². The number of benzene rings is 2. The van der Waals surface area contributed by atoms with E-state index in [0.29, 0.717) is 24.7 Å². The zero-order valence-corrected chi connectivity index (χ0v) is 11.5. The summed E-state index contributed by atoms with van der Waals surface area (Å²) in [5.74, 6) is 1.63. The monoisotopic (exact) mass is 273 g/mol. The van der Waals surface area contributed by atoms with Crippen molar-refractivity contribution in [3.63, 3.8) is 0 Å². The van der Waals surface area contributed by atoms with Crippen LogP contribution in [0.1, 0.15) is 11.1 Å². The second kappa shape index (κ2) is 6.82. The molecule has 4 nitrogen and oxygen atoms in total. The van der Waals surface area contributed by atoms with Crippen molar-refractivity contribution in [2.75, 3.05) is 13.7 Å². The molecule has 3 N–H and O–H groups in total. The lowest BCUT2D eigenvalue weighted by molar-refractivity contribution is 0.281. The Balaban J connectivity index is 2.19. The molecule has 0 saturated carbocycles. The van der Waals surface area contributed by atoms with E-state index in [9.17, 15) is 5.11 Å². The van der Waals surface area contributed by atoms with Gasteiger partial charge in [0.05, 0.1) is 7.11 Å². The maximum atomic E-state index is 9.45. The minimum Gasteiger partial charge on any atom is -0.508 e. The number of methoxy groups -OCH3 is 1. The fourth-order valence-corrected chi connectivity index (χ4v) is 2.04. The Morgan fingerprint density at radius 3 is 2.65 bits per heavy atom. The molecule has 0 aliphatic rings. The molecule has 0 spiro atoms. The summed E-state index contributed by atoms with van der Waals surface area (Å²) in [5, 5.41) is 9.45. The molecule has 2 aromatic rings. The number of para-hydroxylation sites is 1. The molecule has 0 bridgehead atoms. The Kier molecular flexibility index (Phi) is 4.85. The van der Waals surface area contributed by atoms with Gasteiger partial charge in [0.25, 0.3) is 0 Å². The van der Waals surface area contributed by atoms with E-state index in [4.69, 9.17) is 15.2 Å². The van der Waals surface area contributed by atoms with E-state index in [1.165, 1.54) is 0 Å². The van der Waals surface area contributed by atoms with Crippen molar-refractivity contribution < 1.29 is 14.6 Å². The molecular formula is C16H19NO3. The van der Waals surface area contributed by atoms with Crippen LogP contribution in [0.5, 0.6) is 17.2 Å². The fraction of sp³-hybridized carbons (Fsp3) is 0.250. The summed E-state index contributed by atoms with van der Waals surface area (Å²) in [4.78, 5) is 0. The highest BCUT2D eigenvalue weighted by Gasteiger charge is 2.10.